The summed E-state index contributed by atoms with van der Waals surface area (Å²) in [5, 5.41) is 0. The molecule has 0 unspecified atom stereocenters. The molecule has 2 rings (SSSR count). The highest BCUT2D eigenvalue weighted by atomic mass is 127. The third-order valence-corrected chi connectivity index (χ3v) is 7.22. The van der Waals surface area contributed by atoms with Gasteiger partial charge in [-0.1, -0.05) is 28.1 Å². The molecular formula is C14H16BrIN2OS2. The molecular weight excluding hydrogens is 483 g/mol. The van der Waals surface area contributed by atoms with E-state index in [1.807, 2.05) is 29.4 Å². The minimum atomic E-state index is -0.156. The summed E-state index contributed by atoms with van der Waals surface area (Å²) in [6.45, 7) is 1.39. The van der Waals surface area contributed by atoms with Crippen molar-refractivity contribution in [3.05, 3.63) is 31.8 Å². The van der Waals surface area contributed by atoms with Crippen molar-refractivity contribution in [3.63, 3.8) is 0 Å². The molecule has 3 nitrogen and oxygen atoms in total. The van der Waals surface area contributed by atoms with E-state index in [0.717, 1.165) is 26.4 Å². The quantitative estimate of drug-likeness (QED) is 0.510. The van der Waals surface area contributed by atoms with Gasteiger partial charge in [-0.3, -0.25) is 4.79 Å². The van der Waals surface area contributed by atoms with Crippen molar-refractivity contribution in [2.75, 3.05) is 19.3 Å². The second kappa shape index (κ2) is 7.14. The monoisotopic (exact) mass is 498 g/mol. The Hall–Kier alpha value is 0.140. The summed E-state index contributed by atoms with van der Waals surface area (Å²) in [5.74, 6) is 0.0818. The molecule has 1 aromatic carbocycles. The SMILES string of the molecule is CSC1(C(N)=S)CCN(C(=O)c2cc(Br)ccc2I)CC1. The van der Waals surface area contributed by atoms with Gasteiger partial charge in [-0.25, -0.2) is 0 Å². The van der Waals surface area contributed by atoms with Gasteiger partial charge in [-0.15, -0.1) is 0 Å². The number of nitrogens with two attached hydrogens (primary N) is 1. The Morgan fingerprint density at radius 3 is 2.62 bits per heavy atom. The van der Waals surface area contributed by atoms with E-state index >= 15 is 0 Å². The first kappa shape index (κ1) is 17.5. The lowest BCUT2D eigenvalue weighted by Crippen LogP contribution is -2.50. The van der Waals surface area contributed by atoms with Crippen LogP contribution in [0.5, 0.6) is 0 Å². The molecule has 0 aliphatic carbocycles. The molecule has 1 heterocycles. The fourth-order valence-corrected chi connectivity index (χ4v) is 4.63. The number of likely N-dealkylation sites (tertiary alicyclic amines) is 1. The van der Waals surface area contributed by atoms with Gasteiger partial charge in [-0.2, -0.15) is 11.8 Å². The number of carbonyl (C=O) groups is 1. The Bertz CT molecular complexity index is 574. The summed E-state index contributed by atoms with van der Waals surface area (Å²) >= 11 is 12.5. The zero-order valence-electron chi connectivity index (χ0n) is 11.6. The van der Waals surface area contributed by atoms with Gasteiger partial charge in [0.1, 0.15) is 0 Å². The van der Waals surface area contributed by atoms with E-state index in [1.54, 1.807) is 11.8 Å². The molecule has 0 aromatic heterocycles. The van der Waals surface area contributed by atoms with E-state index in [1.165, 1.54) is 0 Å². The van der Waals surface area contributed by atoms with Crippen molar-refractivity contribution >= 4 is 73.4 Å². The average Bonchev–Trinajstić information content (AvgIpc) is 2.49. The van der Waals surface area contributed by atoms with Gasteiger partial charge in [0.15, 0.2) is 0 Å². The number of nitrogens with zero attached hydrogens (tertiary/aromatic N) is 1. The topological polar surface area (TPSA) is 46.3 Å². The lowest BCUT2D eigenvalue weighted by molar-refractivity contribution is 0.0717. The van der Waals surface area contributed by atoms with Crippen LogP contribution in [0.1, 0.15) is 23.2 Å². The minimum Gasteiger partial charge on any atom is -0.392 e. The maximum Gasteiger partial charge on any atom is 0.254 e. The molecule has 0 bridgehead atoms. The predicted molar refractivity (Wildman–Crippen MR) is 105 cm³/mol. The smallest absolute Gasteiger partial charge is 0.254 e. The van der Waals surface area contributed by atoms with E-state index in [2.05, 4.69) is 38.5 Å². The molecule has 1 amide bonds. The molecule has 1 aromatic rings. The van der Waals surface area contributed by atoms with Crippen LogP contribution < -0.4 is 5.73 Å². The highest BCUT2D eigenvalue weighted by Gasteiger charge is 2.38. The molecule has 1 fully saturated rings. The molecule has 21 heavy (non-hydrogen) atoms. The van der Waals surface area contributed by atoms with E-state index in [-0.39, 0.29) is 10.7 Å². The van der Waals surface area contributed by atoms with Crippen LogP contribution in [0.3, 0.4) is 0 Å². The second-order valence-electron chi connectivity index (χ2n) is 4.98. The minimum absolute atomic E-state index is 0.0818. The summed E-state index contributed by atoms with van der Waals surface area (Å²) in [7, 11) is 0. The first-order valence-electron chi connectivity index (χ1n) is 6.49. The largest absolute Gasteiger partial charge is 0.392 e. The van der Waals surface area contributed by atoms with Crippen LogP contribution in [0.4, 0.5) is 0 Å². The van der Waals surface area contributed by atoms with Crippen molar-refractivity contribution in [2.45, 2.75) is 17.6 Å². The van der Waals surface area contributed by atoms with Crippen LogP contribution in [0.15, 0.2) is 22.7 Å². The van der Waals surface area contributed by atoms with Crippen molar-refractivity contribution in [1.29, 1.82) is 0 Å². The Kier molecular flexibility index (Phi) is 5.95. The standard InChI is InChI=1S/C14H16BrIN2OS2/c1-21-14(13(17)20)4-6-18(7-5-14)12(19)10-8-9(15)2-3-11(10)16/h2-3,8H,4-7H2,1H3,(H2,17,20). The van der Waals surface area contributed by atoms with Crippen LogP contribution in [0.25, 0.3) is 0 Å². The Balaban J connectivity index is 2.13. The number of thiocarbonyl (C=S) groups is 1. The van der Waals surface area contributed by atoms with E-state index in [4.69, 9.17) is 18.0 Å². The average molecular weight is 499 g/mol. The van der Waals surface area contributed by atoms with Gasteiger partial charge in [0.05, 0.1) is 15.3 Å². The number of rotatable bonds is 3. The zero-order chi connectivity index (χ0) is 15.6. The highest BCUT2D eigenvalue weighted by molar-refractivity contribution is 14.1. The zero-order valence-corrected chi connectivity index (χ0v) is 16.9. The fraction of sp³-hybridized carbons (Fsp3) is 0.429. The molecule has 1 saturated heterocycles. The van der Waals surface area contributed by atoms with E-state index in [0.29, 0.717) is 18.1 Å². The van der Waals surface area contributed by atoms with Gasteiger partial charge in [-0.05, 0) is 59.9 Å². The van der Waals surface area contributed by atoms with E-state index < -0.39 is 0 Å². The number of hydrogen-bond donors (Lipinski definition) is 1. The summed E-state index contributed by atoms with van der Waals surface area (Å²) in [5.41, 5.74) is 6.64. The second-order valence-corrected chi connectivity index (χ2v) is 8.69. The van der Waals surface area contributed by atoms with Crippen LogP contribution in [0, 0.1) is 3.57 Å². The van der Waals surface area contributed by atoms with Gasteiger partial charge in [0, 0.05) is 21.1 Å². The predicted octanol–water partition coefficient (Wildman–Crippen LogP) is 3.68. The molecule has 7 heteroatoms. The molecule has 114 valence electrons. The Labute approximate surface area is 156 Å². The van der Waals surface area contributed by atoms with Crippen LogP contribution >= 0.6 is 62.5 Å². The van der Waals surface area contributed by atoms with E-state index in [9.17, 15) is 4.79 Å². The summed E-state index contributed by atoms with van der Waals surface area (Å²) < 4.78 is 1.73. The van der Waals surface area contributed by atoms with Crippen LogP contribution in [0.2, 0.25) is 0 Å². The normalized spacial score (nSPS) is 17.6. The number of thioether (sulfide) groups is 1. The molecule has 0 spiro atoms. The summed E-state index contributed by atoms with van der Waals surface area (Å²) in [4.78, 5) is 15.1. The molecule has 0 radical (unpaired) electrons. The third kappa shape index (κ3) is 3.73. The lowest BCUT2D eigenvalue weighted by atomic mass is 9.95. The molecule has 0 saturated carbocycles. The first-order valence-corrected chi connectivity index (χ1v) is 9.99. The molecule has 1 aliphatic rings. The van der Waals surface area contributed by atoms with Crippen LogP contribution in [-0.4, -0.2) is 39.9 Å². The summed E-state index contributed by atoms with van der Waals surface area (Å²) in [6, 6.07) is 5.78. The van der Waals surface area contributed by atoms with Crippen molar-refractivity contribution in [3.8, 4) is 0 Å². The Morgan fingerprint density at radius 2 is 2.10 bits per heavy atom. The van der Waals surface area contributed by atoms with Crippen LogP contribution in [-0.2, 0) is 0 Å². The van der Waals surface area contributed by atoms with Gasteiger partial charge in [0.25, 0.3) is 5.91 Å². The lowest BCUT2D eigenvalue weighted by Gasteiger charge is -2.40. The maximum atomic E-state index is 12.7. The van der Waals surface area contributed by atoms with Gasteiger partial charge >= 0.3 is 0 Å². The highest BCUT2D eigenvalue weighted by Crippen LogP contribution is 2.35. The summed E-state index contributed by atoms with van der Waals surface area (Å²) in [6.07, 6.45) is 3.67. The third-order valence-electron chi connectivity index (χ3n) is 3.86. The van der Waals surface area contributed by atoms with Crippen molar-refractivity contribution in [2.24, 2.45) is 5.73 Å². The molecule has 2 N–H and O–H groups in total. The fourth-order valence-electron chi connectivity index (χ4n) is 2.45. The van der Waals surface area contributed by atoms with Crippen molar-refractivity contribution in [1.82, 2.24) is 4.90 Å². The van der Waals surface area contributed by atoms with Gasteiger partial charge < -0.3 is 10.6 Å². The molecule has 1 aliphatic heterocycles. The number of piperidine rings is 1. The Morgan fingerprint density at radius 1 is 1.48 bits per heavy atom. The first-order chi connectivity index (χ1) is 9.89. The number of hydrogen-bond acceptors (Lipinski definition) is 3. The number of benzene rings is 1. The van der Waals surface area contributed by atoms with Crippen molar-refractivity contribution < 1.29 is 4.79 Å². The number of halogens is 2. The number of carbonyl (C=O) groups excluding carboxylic acids is 1. The molecule has 0 atom stereocenters. The number of amides is 1. The maximum absolute atomic E-state index is 12.7. The van der Waals surface area contributed by atoms with Gasteiger partial charge in [0.2, 0.25) is 0 Å².